The van der Waals surface area contributed by atoms with Gasteiger partial charge in [0.1, 0.15) is 12.7 Å². The molecule has 0 fully saturated rings. The summed E-state index contributed by atoms with van der Waals surface area (Å²) in [5, 5.41) is 22.1. The maximum atomic E-state index is 10.8. The Balaban J connectivity index is 2.40. The van der Waals surface area contributed by atoms with E-state index in [2.05, 4.69) is 15.3 Å². The molecule has 98 valence electrons. The van der Waals surface area contributed by atoms with Gasteiger partial charge in [0.2, 0.25) is 0 Å². The molecule has 0 aliphatic carbocycles. The van der Waals surface area contributed by atoms with E-state index in [9.17, 15) is 10.1 Å². The van der Waals surface area contributed by atoms with Gasteiger partial charge in [0.05, 0.1) is 11.1 Å². The molecule has 2 rings (SSSR count). The second-order valence-electron chi connectivity index (χ2n) is 3.98. The summed E-state index contributed by atoms with van der Waals surface area (Å²) in [5.41, 5.74) is 1.51. The summed E-state index contributed by atoms with van der Waals surface area (Å²) < 4.78 is 1.41. The van der Waals surface area contributed by atoms with Gasteiger partial charge in [0, 0.05) is 37.5 Å². The van der Waals surface area contributed by atoms with E-state index in [1.54, 1.807) is 6.07 Å². The van der Waals surface area contributed by atoms with Crippen molar-refractivity contribution in [3.8, 4) is 0 Å². The van der Waals surface area contributed by atoms with Crippen molar-refractivity contribution in [2.24, 2.45) is 5.10 Å². The largest absolute Gasteiger partial charge is 0.377 e. The summed E-state index contributed by atoms with van der Waals surface area (Å²) in [4.78, 5) is 12.2. The Bertz CT molecular complexity index is 606. The Morgan fingerprint density at radius 1 is 1.37 bits per heavy atom. The normalized spacial score (nSPS) is 10.8. The van der Waals surface area contributed by atoms with Crippen LogP contribution in [0.15, 0.2) is 36.0 Å². The van der Waals surface area contributed by atoms with E-state index in [1.165, 1.54) is 35.7 Å². The fourth-order valence-corrected chi connectivity index (χ4v) is 1.55. The number of hydrogen-bond donors (Lipinski definition) is 0. The molecular weight excluding hydrogens is 248 g/mol. The van der Waals surface area contributed by atoms with Gasteiger partial charge < -0.3 is 4.90 Å². The van der Waals surface area contributed by atoms with Crippen molar-refractivity contribution < 1.29 is 4.92 Å². The molecule has 0 saturated heterocycles. The molecule has 1 aromatic carbocycles. The van der Waals surface area contributed by atoms with Crippen molar-refractivity contribution in [2.45, 2.75) is 0 Å². The van der Waals surface area contributed by atoms with E-state index in [0.717, 1.165) is 5.69 Å². The Labute approximate surface area is 109 Å². The fraction of sp³-hybridized carbons (Fsp3) is 0.182. The summed E-state index contributed by atoms with van der Waals surface area (Å²) in [5.74, 6) is 0. The first kappa shape index (κ1) is 12.7. The van der Waals surface area contributed by atoms with Gasteiger partial charge in [-0.15, -0.1) is 10.2 Å². The summed E-state index contributed by atoms with van der Waals surface area (Å²) in [6.07, 6.45) is 4.40. The lowest BCUT2D eigenvalue weighted by atomic mass is 10.1. The van der Waals surface area contributed by atoms with Gasteiger partial charge in [-0.05, 0) is 6.07 Å². The lowest BCUT2D eigenvalue weighted by Gasteiger charge is -2.14. The summed E-state index contributed by atoms with van der Waals surface area (Å²) >= 11 is 0. The first-order valence-corrected chi connectivity index (χ1v) is 5.42. The summed E-state index contributed by atoms with van der Waals surface area (Å²) in [6.45, 7) is 0. The maximum absolute atomic E-state index is 10.8. The average Bonchev–Trinajstić information content (AvgIpc) is 2.88. The van der Waals surface area contributed by atoms with Gasteiger partial charge in [-0.2, -0.15) is 5.10 Å². The monoisotopic (exact) mass is 260 g/mol. The van der Waals surface area contributed by atoms with E-state index in [4.69, 9.17) is 0 Å². The van der Waals surface area contributed by atoms with Gasteiger partial charge in [0.15, 0.2) is 0 Å². The smallest absolute Gasteiger partial charge is 0.270 e. The summed E-state index contributed by atoms with van der Waals surface area (Å²) in [6, 6.07) is 4.63. The molecule has 1 aromatic heterocycles. The molecule has 2 aromatic rings. The van der Waals surface area contributed by atoms with Crippen LogP contribution in [0.5, 0.6) is 0 Å². The summed E-state index contributed by atoms with van der Waals surface area (Å²) in [7, 11) is 3.72. The Kier molecular flexibility index (Phi) is 3.51. The first-order valence-electron chi connectivity index (χ1n) is 5.42. The molecule has 0 aliphatic rings. The predicted octanol–water partition coefficient (Wildman–Crippen LogP) is 1.13. The number of benzene rings is 1. The van der Waals surface area contributed by atoms with Gasteiger partial charge >= 0.3 is 0 Å². The number of nitro benzene ring substituents is 1. The number of nitro groups is 1. The Morgan fingerprint density at radius 3 is 2.63 bits per heavy atom. The molecule has 0 saturated carbocycles. The third-order valence-electron chi connectivity index (χ3n) is 2.44. The number of rotatable bonds is 4. The van der Waals surface area contributed by atoms with Crippen LogP contribution < -0.4 is 4.90 Å². The van der Waals surface area contributed by atoms with E-state index in [1.807, 2.05) is 19.0 Å². The molecule has 8 heteroatoms. The van der Waals surface area contributed by atoms with Crippen molar-refractivity contribution in [1.82, 2.24) is 14.9 Å². The van der Waals surface area contributed by atoms with Crippen LogP contribution in [-0.4, -0.2) is 40.1 Å². The zero-order chi connectivity index (χ0) is 13.8. The molecule has 0 N–H and O–H groups in total. The van der Waals surface area contributed by atoms with Gasteiger partial charge in [-0.1, -0.05) is 0 Å². The fourth-order valence-electron chi connectivity index (χ4n) is 1.55. The van der Waals surface area contributed by atoms with E-state index < -0.39 is 4.92 Å². The predicted molar refractivity (Wildman–Crippen MR) is 70.4 cm³/mol. The molecule has 0 bridgehead atoms. The SMILES string of the molecule is CN(C)c1ccc([N+](=O)[O-])cc1/C=N\n1cnnc1. The van der Waals surface area contributed by atoms with E-state index in [-0.39, 0.29) is 5.69 Å². The number of non-ortho nitro benzene ring substituents is 1. The number of aromatic nitrogens is 3. The van der Waals surface area contributed by atoms with Gasteiger partial charge in [-0.25, -0.2) is 4.68 Å². The van der Waals surface area contributed by atoms with Crippen LogP contribution in [0.4, 0.5) is 11.4 Å². The van der Waals surface area contributed by atoms with Gasteiger partial charge in [0.25, 0.3) is 5.69 Å². The maximum Gasteiger partial charge on any atom is 0.270 e. The van der Waals surface area contributed by atoms with E-state index >= 15 is 0 Å². The highest BCUT2D eigenvalue weighted by atomic mass is 16.6. The quantitative estimate of drug-likeness (QED) is 0.467. The lowest BCUT2D eigenvalue weighted by molar-refractivity contribution is -0.384. The van der Waals surface area contributed by atoms with Crippen LogP contribution in [0.25, 0.3) is 0 Å². The third-order valence-corrected chi connectivity index (χ3v) is 2.44. The molecule has 1 heterocycles. The molecule has 8 nitrogen and oxygen atoms in total. The highest BCUT2D eigenvalue weighted by Crippen LogP contribution is 2.22. The van der Waals surface area contributed by atoms with Crippen LogP contribution in [0.2, 0.25) is 0 Å². The number of anilines is 1. The minimum atomic E-state index is -0.435. The first-order chi connectivity index (χ1) is 9.08. The molecule has 0 amide bonds. The van der Waals surface area contributed by atoms with E-state index in [0.29, 0.717) is 5.56 Å². The molecular formula is C11H12N6O2. The lowest BCUT2D eigenvalue weighted by Crippen LogP contribution is -2.11. The van der Waals surface area contributed by atoms with Crippen LogP contribution in [-0.2, 0) is 0 Å². The Morgan fingerprint density at radius 2 is 2.05 bits per heavy atom. The highest BCUT2D eigenvalue weighted by molar-refractivity contribution is 5.89. The van der Waals surface area contributed by atoms with Crippen LogP contribution in [0.3, 0.4) is 0 Å². The van der Waals surface area contributed by atoms with Gasteiger partial charge in [-0.3, -0.25) is 10.1 Å². The number of hydrogen-bond acceptors (Lipinski definition) is 6. The van der Waals surface area contributed by atoms with Crippen LogP contribution in [0, 0.1) is 10.1 Å². The Hall–Kier alpha value is -2.77. The average molecular weight is 260 g/mol. The topological polar surface area (TPSA) is 89.5 Å². The van der Waals surface area contributed by atoms with Crippen molar-refractivity contribution >= 4 is 17.6 Å². The minimum absolute atomic E-state index is 0.0239. The zero-order valence-electron chi connectivity index (χ0n) is 10.5. The van der Waals surface area contributed by atoms with Crippen LogP contribution in [0.1, 0.15) is 5.56 Å². The molecule has 0 aliphatic heterocycles. The minimum Gasteiger partial charge on any atom is -0.377 e. The van der Waals surface area contributed by atoms with Crippen molar-refractivity contribution in [3.05, 3.63) is 46.5 Å². The third kappa shape index (κ3) is 2.92. The second-order valence-corrected chi connectivity index (χ2v) is 3.98. The second kappa shape index (κ2) is 5.25. The standard InChI is InChI=1S/C11H12N6O2/c1-15(2)11-4-3-10(17(18)19)5-9(11)6-14-16-7-12-13-8-16/h3-8H,1-2H3/b14-6-. The number of nitrogens with zero attached hydrogens (tertiary/aromatic N) is 6. The molecule has 0 spiro atoms. The molecule has 19 heavy (non-hydrogen) atoms. The molecule has 0 atom stereocenters. The highest BCUT2D eigenvalue weighted by Gasteiger charge is 2.10. The molecule has 0 unspecified atom stereocenters. The molecule has 0 radical (unpaired) electrons. The van der Waals surface area contributed by atoms with Crippen molar-refractivity contribution in [1.29, 1.82) is 0 Å². The van der Waals surface area contributed by atoms with Crippen molar-refractivity contribution in [2.75, 3.05) is 19.0 Å². The zero-order valence-corrected chi connectivity index (χ0v) is 10.5. The van der Waals surface area contributed by atoms with Crippen LogP contribution >= 0.6 is 0 Å². The van der Waals surface area contributed by atoms with Crippen molar-refractivity contribution in [3.63, 3.8) is 0 Å².